The van der Waals surface area contributed by atoms with E-state index in [1.54, 1.807) is 30.3 Å². The van der Waals surface area contributed by atoms with Crippen LogP contribution in [0.5, 0.6) is 0 Å². The highest BCUT2D eigenvalue weighted by Gasteiger charge is 2.19. The molecule has 0 aliphatic rings. The number of nitrogens with two attached hydrogens (primary N) is 1. The zero-order valence-corrected chi connectivity index (χ0v) is 11.4. The third-order valence-electron chi connectivity index (χ3n) is 2.62. The van der Waals surface area contributed by atoms with Crippen molar-refractivity contribution in [3.8, 4) is 0 Å². The lowest BCUT2D eigenvalue weighted by atomic mass is 10.3. The van der Waals surface area contributed by atoms with Crippen molar-refractivity contribution in [2.24, 2.45) is 0 Å². The highest BCUT2D eigenvalue weighted by atomic mass is 32.2. The van der Waals surface area contributed by atoms with Crippen LogP contribution < -0.4 is 11.1 Å². The van der Waals surface area contributed by atoms with Gasteiger partial charge in [0.2, 0.25) is 5.91 Å². The number of nitrogen functional groups attached to an aromatic ring is 1. The van der Waals surface area contributed by atoms with Crippen molar-refractivity contribution in [1.29, 1.82) is 0 Å². The van der Waals surface area contributed by atoms with Crippen molar-refractivity contribution in [2.45, 2.75) is 4.90 Å². The van der Waals surface area contributed by atoms with Gasteiger partial charge in [-0.25, -0.2) is 8.42 Å². The number of carbonyl (C=O) groups excluding carboxylic acids is 1. The largest absolute Gasteiger partial charge is 0.399 e. The van der Waals surface area contributed by atoms with Gasteiger partial charge in [-0.05, 0) is 36.4 Å². The maximum absolute atomic E-state index is 12.0. The Hall–Kier alpha value is -2.34. The summed E-state index contributed by atoms with van der Waals surface area (Å²) in [6.45, 7) is 0. The molecule has 0 aliphatic carbocycles. The van der Waals surface area contributed by atoms with Gasteiger partial charge in [0, 0.05) is 11.4 Å². The molecule has 0 saturated carbocycles. The minimum atomic E-state index is -3.66. The van der Waals surface area contributed by atoms with Gasteiger partial charge in [-0.15, -0.1) is 0 Å². The standard InChI is InChI=1S/C14H14N2O3S/c15-11-6-8-13(9-7-11)20(18,19)10-14(17)16-12-4-2-1-3-5-12/h1-9H,10,15H2,(H,16,17). The summed E-state index contributed by atoms with van der Waals surface area (Å²) in [6, 6.07) is 14.4. The molecule has 6 heteroatoms. The first-order valence-corrected chi connectivity index (χ1v) is 7.56. The van der Waals surface area contributed by atoms with E-state index in [4.69, 9.17) is 5.73 Å². The quantitative estimate of drug-likeness (QED) is 0.838. The van der Waals surface area contributed by atoms with Crippen LogP contribution in [0.1, 0.15) is 0 Å². The van der Waals surface area contributed by atoms with E-state index in [1.165, 1.54) is 24.3 Å². The summed E-state index contributed by atoms with van der Waals surface area (Å²) in [5, 5.41) is 2.54. The second-order valence-electron chi connectivity index (χ2n) is 4.24. The van der Waals surface area contributed by atoms with Gasteiger partial charge in [-0.2, -0.15) is 0 Å². The Bertz CT molecular complexity index is 695. The molecule has 0 radical (unpaired) electrons. The first kappa shape index (κ1) is 14.1. The molecule has 0 bridgehead atoms. The monoisotopic (exact) mass is 290 g/mol. The van der Waals surface area contributed by atoms with Gasteiger partial charge < -0.3 is 11.1 Å². The van der Waals surface area contributed by atoms with E-state index >= 15 is 0 Å². The number of para-hydroxylation sites is 1. The summed E-state index contributed by atoms with van der Waals surface area (Å²) in [7, 11) is -3.66. The molecule has 0 saturated heterocycles. The average molecular weight is 290 g/mol. The number of amides is 1. The Morgan fingerprint density at radius 1 is 1.00 bits per heavy atom. The summed E-state index contributed by atoms with van der Waals surface area (Å²) in [5.74, 6) is -1.18. The van der Waals surface area contributed by atoms with Gasteiger partial charge in [-0.3, -0.25) is 4.79 Å². The lowest BCUT2D eigenvalue weighted by Crippen LogP contribution is -2.22. The lowest BCUT2D eigenvalue weighted by molar-refractivity contribution is -0.113. The van der Waals surface area contributed by atoms with Crippen LogP contribution in [-0.2, 0) is 14.6 Å². The SMILES string of the molecule is Nc1ccc(S(=O)(=O)CC(=O)Nc2ccccc2)cc1. The minimum Gasteiger partial charge on any atom is -0.399 e. The highest BCUT2D eigenvalue weighted by Crippen LogP contribution is 2.14. The number of rotatable bonds is 4. The average Bonchev–Trinajstić information content (AvgIpc) is 2.39. The molecule has 1 amide bonds. The highest BCUT2D eigenvalue weighted by molar-refractivity contribution is 7.92. The van der Waals surface area contributed by atoms with Crippen molar-refractivity contribution < 1.29 is 13.2 Å². The Kier molecular flexibility index (Phi) is 4.05. The van der Waals surface area contributed by atoms with E-state index in [-0.39, 0.29) is 4.90 Å². The normalized spacial score (nSPS) is 11.0. The van der Waals surface area contributed by atoms with Gasteiger partial charge in [-0.1, -0.05) is 18.2 Å². The molecule has 2 aromatic rings. The van der Waals surface area contributed by atoms with E-state index in [1.807, 2.05) is 0 Å². The van der Waals surface area contributed by atoms with Gasteiger partial charge in [0.05, 0.1) is 4.90 Å². The maximum Gasteiger partial charge on any atom is 0.239 e. The maximum atomic E-state index is 12.0. The summed E-state index contributed by atoms with van der Waals surface area (Å²) in [6.07, 6.45) is 0. The van der Waals surface area contributed by atoms with Crippen LogP contribution in [0.2, 0.25) is 0 Å². The Balaban J connectivity index is 2.08. The molecule has 2 aromatic carbocycles. The van der Waals surface area contributed by atoms with Crippen LogP contribution >= 0.6 is 0 Å². The third kappa shape index (κ3) is 3.58. The van der Waals surface area contributed by atoms with Crippen LogP contribution in [0.15, 0.2) is 59.5 Å². The molecule has 0 atom stereocenters. The molecule has 104 valence electrons. The fraction of sp³-hybridized carbons (Fsp3) is 0.0714. The van der Waals surface area contributed by atoms with Crippen LogP contribution in [0, 0.1) is 0 Å². The van der Waals surface area contributed by atoms with Gasteiger partial charge in [0.1, 0.15) is 5.75 Å². The van der Waals surface area contributed by atoms with Crippen molar-refractivity contribution in [3.05, 3.63) is 54.6 Å². The van der Waals surface area contributed by atoms with Crippen molar-refractivity contribution in [3.63, 3.8) is 0 Å². The molecule has 0 spiro atoms. The molecule has 0 aliphatic heterocycles. The summed E-state index contributed by atoms with van der Waals surface area (Å²) in [5.41, 5.74) is 6.53. The second kappa shape index (κ2) is 5.75. The number of anilines is 2. The first-order chi connectivity index (χ1) is 9.47. The predicted molar refractivity (Wildman–Crippen MR) is 78.0 cm³/mol. The van der Waals surface area contributed by atoms with Crippen LogP contribution in [-0.4, -0.2) is 20.1 Å². The van der Waals surface area contributed by atoms with Gasteiger partial charge >= 0.3 is 0 Å². The number of carbonyl (C=O) groups is 1. The molecule has 0 fully saturated rings. The van der Waals surface area contributed by atoms with E-state index in [2.05, 4.69) is 5.32 Å². The molecule has 20 heavy (non-hydrogen) atoms. The Morgan fingerprint density at radius 2 is 1.60 bits per heavy atom. The summed E-state index contributed by atoms with van der Waals surface area (Å²) < 4.78 is 24.1. The van der Waals surface area contributed by atoms with Crippen molar-refractivity contribution in [1.82, 2.24) is 0 Å². The van der Waals surface area contributed by atoms with E-state index < -0.39 is 21.5 Å². The van der Waals surface area contributed by atoms with E-state index in [9.17, 15) is 13.2 Å². The zero-order chi connectivity index (χ0) is 14.6. The number of benzene rings is 2. The van der Waals surface area contributed by atoms with E-state index in [0.29, 0.717) is 11.4 Å². The second-order valence-corrected chi connectivity index (χ2v) is 6.23. The smallest absolute Gasteiger partial charge is 0.239 e. The van der Waals surface area contributed by atoms with Crippen LogP contribution in [0.4, 0.5) is 11.4 Å². The molecule has 2 rings (SSSR count). The third-order valence-corrected chi connectivity index (χ3v) is 4.25. The van der Waals surface area contributed by atoms with Gasteiger partial charge in [0.15, 0.2) is 9.84 Å². The topological polar surface area (TPSA) is 89.3 Å². The minimum absolute atomic E-state index is 0.0786. The van der Waals surface area contributed by atoms with Crippen LogP contribution in [0.3, 0.4) is 0 Å². The molecule has 0 aromatic heterocycles. The number of hydrogen-bond donors (Lipinski definition) is 2. The fourth-order valence-corrected chi connectivity index (χ4v) is 2.78. The zero-order valence-electron chi connectivity index (χ0n) is 10.6. The lowest BCUT2D eigenvalue weighted by Gasteiger charge is -2.06. The number of sulfone groups is 1. The number of nitrogens with one attached hydrogen (secondary N) is 1. The van der Waals surface area contributed by atoms with Gasteiger partial charge in [0.25, 0.3) is 0 Å². The predicted octanol–water partition coefficient (Wildman–Crippen LogP) is 1.68. The Labute approximate surface area is 117 Å². The molecule has 3 N–H and O–H groups in total. The molecule has 0 unspecified atom stereocenters. The first-order valence-electron chi connectivity index (χ1n) is 5.90. The molecule has 5 nitrogen and oxygen atoms in total. The molecular formula is C14H14N2O3S. The Morgan fingerprint density at radius 3 is 2.20 bits per heavy atom. The van der Waals surface area contributed by atoms with E-state index in [0.717, 1.165) is 0 Å². The summed E-state index contributed by atoms with van der Waals surface area (Å²) in [4.78, 5) is 11.8. The van der Waals surface area contributed by atoms with Crippen molar-refractivity contribution in [2.75, 3.05) is 16.8 Å². The molecule has 0 heterocycles. The molecular weight excluding hydrogens is 276 g/mol. The van der Waals surface area contributed by atoms with Crippen molar-refractivity contribution >= 4 is 27.1 Å². The fourth-order valence-electron chi connectivity index (χ4n) is 1.65. The number of hydrogen-bond acceptors (Lipinski definition) is 4. The summed E-state index contributed by atoms with van der Waals surface area (Å²) >= 11 is 0. The van der Waals surface area contributed by atoms with Crippen LogP contribution in [0.25, 0.3) is 0 Å².